The molecule has 0 unspecified atom stereocenters. The monoisotopic (exact) mass is 276 g/mol. The number of likely N-dealkylation sites (tertiary alicyclic amines) is 1. The fourth-order valence-electron chi connectivity index (χ4n) is 2.55. The lowest BCUT2D eigenvalue weighted by molar-refractivity contribution is -0.148. The third-order valence-electron chi connectivity index (χ3n) is 3.64. The second-order valence-corrected chi connectivity index (χ2v) is 4.92. The summed E-state index contributed by atoms with van der Waals surface area (Å²) >= 11 is 0. The molecule has 0 spiro atoms. The number of methoxy groups -OCH3 is 1. The quantitative estimate of drug-likeness (QED) is 0.794. The van der Waals surface area contributed by atoms with Crippen LogP contribution in [0.5, 0.6) is 0 Å². The van der Waals surface area contributed by atoms with Crippen LogP contribution in [0.1, 0.15) is 30.4 Å². The molecule has 0 aliphatic carbocycles. The van der Waals surface area contributed by atoms with Crippen LogP contribution in [0.25, 0.3) is 0 Å². The smallest absolute Gasteiger partial charge is 0.323 e. The van der Waals surface area contributed by atoms with E-state index in [4.69, 9.17) is 10.00 Å². The minimum atomic E-state index is -0.404. The van der Waals surface area contributed by atoms with Gasteiger partial charge in [0.2, 0.25) is 0 Å². The zero-order valence-corrected chi connectivity index (χ0v) is 11.4. The summed E-state index contributed by atoms with van der Waals surface area (Å²) in [5.74, 6) is -0.669. The van der Waals surface area contributed by atoms with Crippen LogP contribution < -0.4 is 0 Å². The first-order valence-electron chi connectivity index (χ1n) is 6.66. The van der Waals surface area contributed by atoms with Crippen LogP contribution >= 0.6 is 0 Å². The topological polar surface area (TPSA) is 53.3 Å². The molecular formula is C15H17FN2O2. The van der Waals surface area contributed by atoms with Crippen molar-refractivity contribution in [1.29, 1.82) is 5.26 Å². The summed E-state index contributed by atoms with van der Waals surface area (Å²) in [6, 6.07) is 6.03. The van der Waals surface area contributed by atoms with Gasteiger partial charge < -0.3 is 4.74 Å². The summed E-state index contributed by atoms with van der Waals surface area (Å²) in [6.45, 7) is 1.11. The van der Waals surface area contributed by atoms with E-state index in [1.807, 2.05) is 11.0 Å². The van der Waals surface area contributed by atoms with E-state index in [0.717, 1.165) is 25.8 Å². The molecule has 0 saturated carbocycles. The fraction of sp³-hybridized carbons (Fsp3) is 0.467. The Bertz CT molecular complexity index is 539. The Kier molecular flexibility index (Phi) is 4.70. The fourth-order valence-corrected chi connectivity index (χ4v) is 2.55. The molecule has 0 aromatic heterocycles. The predicted molar refractivity (Wildman–Crippen MR) is 71.2 cm³/mol. The molecule has 0 N–H and O–H groups in total. The average molecular weight is 276 g/mol. The van der Waals surface area contributed by atoms with Gasteiger partial charge in [0.15, 0.2) is 0 Å². The van der Waals surface area contributed by atoms with Crippen LogP contribution in [0.4, 0.5) is 4.39 Å². The van der Waals surface area contributed by atoms with E-state index in [-0.39, 0.29) is 12.0 Å². The Morgan fingerprint density at radius 3 is 3.00 bits per heavy atom. The summed E-state index contributed by atoms with van der Waals surface area (Å²) in [7, 11) is 1.37. The molecule has 20 heavy (non-hydrogen) atoms. The molecule has 1 aliphatic rings. The summed E-state index contributed by atoms with van der Waals surface area (Å²) in [5, 5.41) is 8.73. The Morgan fingerprint density at radius 1 is 1.55 bits per heavy atom. The second kappa shape index (κ2) is 6.49. The number of piperidine rings is 1. The summed E-state index contributed by atoms with van der Waals surface area (Å²) in [5.41, 5.74) is 0.800. The lowest BCUT2D eigenvalue weighted by Crippen LogP contribution is -2.44. The van der Waals surface area contributed by atoms with Crippen LogP contribution in [-0.2, 0) is 16.1 Å². The van der Waals surface area contributed by atoms with Crippen molar-refractivity contribution in [3.63, 3.8) is 0 Å². The first-order chi connectivity index (χ1) is 9.65. The molecule has 0 bridgehead atoms. The molecule has 1 saturated heterocycles. The molecule has 4 nitrogen and oxygen atoms in total. The molecule has 1 aromatic carbocycles. The number of carbonyl (C=O) groups is 1. The Balaban J connectivity index is 2.15. The highest BCUT2D eigenvalue weighted by molar-refractivity contribution is 5.75. The molecule has 106 valence electrons. The Labute approximate surface area is 117 Å². The minimum absolute atomic E-state index is 0.265. The highest BCUT2D eigenvalue weighted by Gasteiger charge is 2.29. The van der Waals surface area contributed by atoms with Crippen LogP contribution in [0.15, 0.2) is 18.2 Å². The van der Waals surface area contributed by atoms with Crippen LogP contribution in [0.2, 0.25) is 0 Å². The van der Waals surface area contributed by atoms with Crippen molar-refractivity contribution in [2.75, 3.05) is 13.7 Å². The van der Waals surface area contributed by atoms with Gasteiger partial charge in [-0.3, -0.25) is 9.69 Å². The Morgan fingerprint density at radius 2 is 2.35 bits per heavy atom. The van der Waals surface area contributed by atoms with E-state index in [2.05, 4.69) is 0 Å². The standard InChI is InChI=1S/C15H17FN2O2/c1-20-15(19)14-4-2-3-7-18(14)10-12-6-5-11(9-17)8-13(12)16/h5-6,8,14H,2-4,7,10H2,1H3/t14-/m1/s1. The molecule has 1 aliphatic heterocycles. The number of halogens is 1. The predicted octanol–water partition coefficient (Wildman–Crippen LogP) is 2.22. The van der Waals surface area contributed by atoms with Crippen molar-refractivity contribution in [2.24, 2.45) is 0 Å². The number of nitriles is 1. The molecule has 0 radical (unpaired) electrons. The lowest BCUT2D eigenvalue weighted by atomic mass is 10.0. The van der Waals surface area contributed by atoms with Crippen molar-refractivity contribution >= 4 is 5.97 Å². The summed E-state index contributed by atoms with van der Waals surface area (Å²) in [6.07, 6.45) is 2.71. The van der Waals surface area contributed by atoms with Gasteiger partial charge in [-0.05, 0) is 31.5 Å². The number of hydrogen-bond acceptors (Lipinski definition) is 4. The maximum atomic E-state index is 13.9. The maximum absolute atomic E-state index is 13.9. The lowest BCUT2D eigenvalue weighted by Gasteiger charge is -2.33. The minimum Gasteiger partial charge on any atom is -0.468 e. The Hall–Kier alpha value is -1.93. The van der Waals surface area contributed by atoms with Crippen molar-refractivity contribution in [3.05, 3.63) is 35.1 Å². The van der Waals surface area contributed by atoms with E-state index in [1.54, 1.807) is 12.1 Å². The SMILES string of the molecule is COC(=O)[C@H]1CCCCN1Cc1ccc(C#N)cc1F. The number of rotatable bonds is 3. The number of benzene rings is 1. The van der Waals surface area contributed by atoms with Crippen molar-refractivity contribution in [3.8, 4) is 6.07 Å². The zero-order chi connectivity index (χ0) is 14.5. The third-order valence-corrected chi connectivity index (χ3v) is 3.64. The van der Waals surface area contributed by atoms with Crippen molar-refractivity contribution in [2.45, 2.75) is 31.8 Å². The number of nitrogens with zero attached hydrogens (tertiary/aromatic N) is 2. The van der Waals surface area contributed by atoms with Crippen LogP contribution in [0.3, 0.4) is 0 Å². The first-order valence-corrected chi connectivity index (χ1v) is 6.66. The highest BCUT2D eigenvalue weighted by Crippen LogP contribution is 2.22. The number of ether oxygens (including phenoxy) is 1. The van der Waals surface area contributed by atoms with E-state index in [9.17, 15) is 9.18 Å². The second-order valence-electron chi connectivity index (χ2n) is 4.92. The van der Waals surface area contributed by atoms with Crippen molar-refractivity contribution in [1.82, 2.24) is 4.90 Å². The normalized spacial score (nSPS) is 19.4. The molecule has 1 aromatic rings. The van der Waals surface area contributed by atoms with Gasteiger partial charge in [0.05, 0.1) is 18.7 Å². The molecular weight excluding hydrogens is 259 g/mol. The van der Waals surface area contributed by atoms with Gasteiger partial charge in [-0.15, -0.1) is 0 Å². The number of hydrogen-bond donors (Lipinski definition) is 0. The largest absolute Gasteiger partial charge is 0.468 e. The van der Waals surface area contributed by atoms with Gasteiger partial charge in [0.1, 0.15) is 11.9 Å². The summed E-state index contributed by atoms with van der Waals surface area (Å²) < 4.78 is 18.7. The van der Waals surface area contributed by atoms with E-state index in [0.29, 0.717) is 17.7 Å². The molecule has 5 heteroatoms. The maximum Gasteiger partial charge on any atom is 0.323 e. The number of carbonyl (C=O) groups excluding carboxylic acids is 1. The van der Waals surface area contributed by atoms with Gasteiger partial charge in [-0.1, -0.05) is 12.5 Å². The molecule has 0 amide bonds. The number of esters is 1. The van der Waals surface area contributed by atoms with Crippen LogP contribution in [-0.4, -0.2) is 30.6 Å². The third kappa shape index (κ3) is 3.14. The van der Waals surface area contributed by atoms with Gasteiger partial charge >= 0.3 is 5.97 Å². The highest BCUT2D eigenvalue weighted by atomic mass is 19.1. The molecule has 1 fully saturated rings. The van der Waals surface area contributed by atoms with E-state index in [1.165, 1.54) is 13.2 Å². The van der Waals surface area contributed by atoms with Gasteiger partial charge in [-0.25, -0.2) is 4.39 Å². The van der Waals surface area contributed by atoms with E-state index >= 15 is 0 Å². The molecule has 1 atom stereocenters. The van der Waals surface area contributed by atoms with Gasteiger partial charge in [-0.2, -0.15) is 5.26 Å². The van der Waals surface area contributed by atoms with Crippen molar-refractivity contribution < 1.29 is 13.9 Å². The summed E-state index contributed by atoms with van der Waals surface area (Å²) in [4.78, 5) is 13.7. The van der Waals surface area contributed by atoms with Gasteiger partial charge in [0.25, 0.3) is 0 Å². The molecule has 1 heterocycles. The zero-order valence-electron chi connectivity index (χ0n) is 11.4. The molecule has 2 rings (SSSR count). The van der Waals surface area contributed by atoms with E-state index < -0.39 is 5.82 Å². The van der Waals surface area contributed by atoms with Crippen LogP contribution in [0, 0.1) is 17.1 Å². The first kappa shape index (κ1) is 14.5. The average Bonchev–Trinajstić information content (AvgIpc) is 2.49. The van der Waals surface area contributed by atoms with Gasteiger partial charge in [0, 0.05) is 12.1 Å².